The first-order valence-corrected chi connectivity index (χ1v) is 12.7. The number of carbonyl (C=O) groups is 1. The first kappa shape index (κ1) is 23.4. The molecule has 0 aliphatic rings. The molecule has 1 amide bonds. The maximum atomic E-state index is 12.7. The summed E-state index contributed by atoms with van der Waals surface area (Å²) in [6.45, 7) is 0. The number of benzene rings is 4. The van der Waals surface area contributed by atoms with Crippen LogP contribution in [0.25, 0.3) is 56.1 Å². The molecule has 0 saturated heterocycles. The largest absolute Gasteiger partial charge is 0.415 e. The minimum atomic E-state index is -0.264. The van der Waals surface area contributed by atoms with E-state index >= 15 is 0 Å². The smallest absolute Gasteiger partial charge is 0.266 e. The summed E-state index contributed by atoms with van der Waals surface area (Å²) < 4.78 is 6.08. The molecule has 0 bridgehead atoms. The van der Waals surface area contributed by atoms with Gasteiger partial charge in [-0.1, -0.05) is 60.7 Å². The number of carbonyl (C=O) groups excluding carboxylic acids is 1. The quantitative estimate of drug-likeness (QED) is 0.211. The van der Waals surface area contributed by atoms with Gasteiger partial charge in [-0.15, -0.1) is 10.2 Å². The molecule has 8 nitrogen and oxygen atoms in total. The number of hydrogen-bond donors (Lipinski definition) is 3. The number of amides is 1. The van der Waals surface area contributed by atoms with E-state index in [0.29, 0.717) is 40.0 Å². The monoisotopic (exact) mass is 522 g/mol. The van der Waals surface area contributed by atoms with Crippen molar-refractivity contribution in [2.45, 2.75) is 0 Å². The van der Waals surface area contributed by atoms with Crippen molar-refractivity contribution >= 4 is 39.1 Å². The first-order valence-electron chi connectivity index (χ1n) is 12.7. The highest BCUT2D eigenvalue weighted by Gasteiger charge is 2.18. The summed E-state index contributed by atoms with van der Waals surface area (Å²) in [6.07, 6.45) is 0. The molecule has 7 aromatic rings. The number of pyridine rings is 1. The van der Waals surface area contributed by atoms with Crippen LogP contribution in [0.1, 0.15) is 10.4 Å². The van der Waals surface area contributed by atoms with Crippen molar-refractivity contribution in [1.29, 1.82) is 0 Å². The van der Waals surface area contributed by atoms with Crippen LogP contribution in [0.4, 0.5) is 11.4 Å². The topological polar surface area (TPSA) is 123 Å². The number of nitrogens with two attached hydrogens (primary N) is 1. The van der Waals surface area contributed by atoms with Crippen molar-refractivity contribution in [3.05, 3.63) is 115 Å². The highest BCUT2D eigenvalue weighted by atomic mass is 16.4. The first-order chi connectivity index (χ1) is 19.6. The van der Waals surface area contributed by atoms with Crippen LogP contribution < -0.4 is 11.1 Å². The molecule has 0 saturated carbocycles. The van der Waals surface area contributed by atoms with Gasteiger partial charge in [-0.2, -0.15) is 0 Å². The lowest BCUT2D eigenvalue weighted by atomic mass is 10.1. The Hall–Kier alpha value is -5.76. The molecule has 3 heterocycles. The van der Waals surface area contributed by atoms with Crippen molar-refractivity contribution in [3.8, 4) is 34.3 Å². The van der Waals surface area contributed by atoms with E-state index in [9.17, 15) is 4.79 Å². The Labute approximate surface area is 228 Å². The molecular weight excluding hydrogens is 500 g/mol. The predicted octanol–water partition coefficient (Wildman–Crippen LogP) is 6.93. The van der Waals surface area contributed by atoms with Crippen LogP contribution in [-0.2, 0) is 0 Å². The predicted molar refractivity (Wildman–Crippen MR) is 157 cm³/mol. The molecule has 0 atom stereocenters. The van der Waals surface area contributed by atoms with Crippen LogP contribution in [0.3, 0.4) is 0 Å². The Bertz CT molecular complexity index is 2010. The zero-order valence-electron chi connectivity index (χ0n) is 21.1. The number of aromatic nitrogens is 4. The molecule has 40 heavy (non-hydrogen) atoms. The number of rotatable bonds is 5. The average molecular weight is 523 g/mol. The number of anilines is 2. The van der Waals surface area contributed by atoms with Gasteiger partial charge in [-0.25, -0.2) is 4.98 Å². The molecule has 0 radical (unpaired) electrons. The molecule has 0 unspecified atom stereocenters. The molecule has 0 fully saturated rings. The lowest BCUT2D eigenvalue weighted by Crippen LogP contribution is -2.12. The third-order valence-corrected chi connectivity index (χ3v) is 6.79. The normalized spacial score (nSPS) is 11.2. The lowest BCUT2D eigenvalue weighted by molar-refractivity contribution is 0.102. The van der Waals surface area contributed by atoms with Gasteiger partial charge in [-0.3, -0.25) is 4.79 Å². The van der Waals surface area contributed by atoms with Gasteiger partial charge in [0, 0.05) is 33.0 Å². The number of hydrogen-bond acceptors (Lipinski definition) is 6. The number of H-pyrrole nitrogens is 1. The number of nitrogens with zero attached hydrogens (tertiary/aromatic N) is 3. The Balaban J connectivity index is 1.23. The fourth-order valence-electron chi connectivity index (χ4n) is 4.77. The molecule has 7 rings (SSSR count). The van der Waals surface area contributed by atoms with Gasteiger partial charge in [-0.05, 0) is 48.5 Å². The van der Waals surface area contributed by atoms with Crippen LogP contribution in [-0.4, -0.2) is 26.1 Å². The molecule has 4 aromatic carbocycles. The number of para-hydroxylation sites is 3. The third-order valence-electron chi connectivity index (χ3n) is 6.79. The van der Waals surface area contributed by atoms with Crippen LogP contribution in [0.2, 0.25) is 0 Å². The van der Waals surface area contributed by atoms with E-state index in [1.807, 2.05) is 66.7 Å². The molecular formula is C32H22N6O2. The van der Waals surface area contributed by atoms with Gasteiger partial charge in [0.15, 0.2) is 0 Å². The summed E-state index contributed by atoms with van der Waals surface area (Å²) in [5.74, 6) is 0.373. The lowest BCUT2D eigenvalue weighted by Gasteiger charge is -2.08. The minimum absolute atomic E-state index is 0.264. The Morgan fingerprint density at radius 1 is 0.750 bits per heavy atom. The summed E-state index contributed by atoms with van der Waals surface area (Å²) >= 11 is 0. The van der Waals surface area contributed by atoms with E-state index in [0.717, 1.165) is 33.1 Å². The zero-order valence-corrected chi connectivity index (χ0v) is 21.1. The third kappa shape index (κ3) is 4.13. The second kappa shape index (κ2) is 9.52. The Morgan fingerprint density at radius 2 is 1.48 bits per heavy atom. The Kier molecular flexibility index (Phi) is 5.56. The van der Waals surface area contributed by atoms with Gasteiger partial charge in [0.25, 0.3) is 11.8 Å². The molecule has 8 heteroatoms. The highest BCUT2D eigenvalue weighted by molar-refractivity contribution is 6.12. The van der Waals surface area contributed by atoms with E-state index in [2.05, 4.69) is 26.6 Å². The highest BCUT2D eigenvalue weighted by Crippen LogP contribution is 2.35. The van der Waals surface area contributed by atoms with Gasteiger partial charge in [0.05, 0.1) is 22.6 Å². The molecule has 192 valence electrons. The van der Waals surface area contributed by atoms with Crippen molar-refractivity contribution < 1.29 is 9.21 Å². The van der Waals surface area contributed by atoms with E-state index < -0.39 is 0 Å². The van der Waals surface area contributed by atoms with E-state index in [-0.39, 0.29) is 5.91 Å². The van der Waals surface area contributed by atoms with Crippen molar-refractivity contribution in [1.82, 2.24) is 20.2 Å². The molecule has 0 spiro atoms. The standard InChI is InChI=1S/C32H22N6O2/c33-24-11-5-7-13-26(24)36-30(39)20-14-16-21(17-15-20)31-37-38-32(40-31)27-18-23-22-10-4-6-12-25(22)34-29(23)28(35-27)19-8-2-1-3-9-19/h1-18,34H,33H2,(H,36,39). The minimum Gasteiger partial charge on any atom is -0.415 e. The number of nitrogens with one attached hydrogen (secondary N) is 2. The van der Waals surface area contributed by atoms with Crippen molar-refractivity contribution in [2.24, 2.45) is 0 Å². The van der Waals surface area contributed by atoms with E-state index in [4.69, 9.17) is 15.1 Å². The number of aromatic amines is 1. The average Bonchev–Trinajstić information content (AvgIpc) is 3.64. The maximum absolute atomic E-state index is 12.7. The van der Waals surface area contributed by atoms with Crippen LogP contribution >= 0.6 is 0 Å². The number of nitrogen functional groups attached to an aromatic ring is 1. The fraction of sp³-hybridized carbons (Fsp3) is 0. The van der Waals surface area contributed by atoms with Crippen LogP contribution in [0.5, 0.6) is 0 Å². The summed E-state index contributed by atoms with van der Waals surface area (Å²) in [5, 5.41) is 13.5. The number of fused-ring (bicyclic) bond motifs is 3. The molecule has 0 aliphatic carbocycles. The molecule has 4 N–H and O–H groups in total. The van der Waals surface area contributed by atoms with E-state index in [1.165, 1.54) is 0 Å². The van der Waals surface area contributed by atoms with Crippen molar-refractivity contribution in [2.75, 3.05) is 11.1 Å². The second-order valence-corrected chi connectivity index (χ2v) is 9.35. The van der Waals surface area contributed by atoms with Gasteiger partial charge in [0.2, 0.25) is 5.89 Å². The van der Waals surface area contributed by atoms with Gasteiger partial charge < -0.3 is 20.5 Å². The summed E-state index contributed by atoms with van der Waals surface area (Å²) in [5.41, 5.74) is 12.5. The molecule has 3 aromatic heterocycles. The van der Waals surface area contributed by atoms with Gasteiger partial charge >= 0.3 is 0 Å². The molecule has 0 aliphatic heterocycles. The van der Waals surface area contributed by atoms with Gasteiger partial charge in [0.1, 0.15) is 5.69 Å². The Morgan fingerprint density at radius 3 is 2.30 bits per heavy atom. The summed E-state index contributed by atoms with van der Waals surface area (Å²) in [7, 11) is 0. The summed E-state index contributed by atoms with van der Waals surface area (Å²) in [6, 6.07) is 34.2. The van der Waals surface area contributed by atoms with Crippen molar-refractivity contribution in [3.63, 3.8) is 0 Å². The zero-order chi connectivity index (χ0) is 27.1. The maximum Gasteiger partial charge on any atom is 0.266 e. The fourth-order valence-corrected chi connectivity index (χ4v) is 4.77. The summed E-state index contributed by atoms with van der Waals surface area (Å²) in [4.78, 5) is 21.2. The van der Waals surface area contributed by atoms with Crippen LogP contribution in [0, 0.1) is 0 Å². The SMILES string of the molecule is Nc1ccccc1NC(=O)c1ccc(-c2nnc(-c3cc4c([nH]c5ccccc54)c(-c4ccccc4)n3)o2)cc1. The van der Waals surface area contributed by atoms with Crippen LogP contribution in [0.15, 0.2) is 114 Å². The van der Waals surface area contributed by atoms with E-state index in [1.54, 1.807) is 36.4 Å². The second-order valence-electron chi connectivity index (χ2n) is 9.35.